The van der Waals surface area contributed by atoms with E-state index in [2.05, 4.69) is 31.0 Å². The van der Waals surface area contributed by atoms with E-state index in [1.807, 2.05) is 6.92 Å². The standard InChI is InChI=1S/C12H21NO2/c1-4-5-9-13-10-8-12(2,3)7-6-11(14)15/h13H,6-10H2,1-3H3,(H,14,15). The summed E-state index contributed by atoms with van der Waals surface area (Å²) in [4.78, 5) is 10.4. The quantitative estimate of drug-likeness (QED) is 0.499. The summed E-state index contributed by atoms with van der Waals surface area (Å²) in [6, 6.07) is 0. The van der Waals surface area contributed by atoms with Gasteiger partial charge in [0.1, 0.15) is 0 Å². The molecule has 15 heavy (non-hydrogen) atoms. The largest absolute Gasteiger partial charge is 0.481 e. The Morgan fingerprint density at radius 3 is 2.60 bits per heavy atom. The molecule has 0 radical (unpaired) electrons. The van der Waals surface area contributed by atoms with Crippen molar-refractivity contribution in [2.45, 2.75) is 40.0 Å². The van der Waals surface area contributed by atoms with Crippen LogP contribution in [0.4, 0.5) is 0 Å². The Balaban J connectivity index is 3.62. The van der Waals surface area contributed by atoms with Crippen LogP contribution in [0.25, 0.3) is 0 Å². The molecule has 0 aromatic heterocycles. The fourth-order valence-corrected chi connectivity index (χ4v) is 1.24. The Labute approximate surface area is 92.3 Å². The number of carboxylic acids is 1. The smallest absolute Gasteiger partial charge is 0.303 e. The molecule has 0 aliphatic carbocycles. The van der Waals surface area contributed by atoms with E-state index in [0.29, 0.717) is 6.54 Å². The lowest BCUT2D eigenvalue weighted by Crippen LogP contribution is -2.23. The van der Waals surface area contributed by atoms with Crippen LogP contribution in [0.1, 0.15) is 40.0 Å². The summed E-state index contributed by atoms with van der Waals surface area (Å²) in [5.74, 6) is 5.03. The molecule has 0 aromatic rings. The minimum atomic E-state index is -0.715. The SMILES string of the molecule is CC#CCNCCC(C)(C)CCC(=O)O. The van der Waals surface area contributed by atoms with Crippen molar-refractivity contribution in [3.63, 3.8) is 0 Å². The maximum absolute atomic E-state index is 10.4. The van der Waals surface area contributed by atoms with E-state index in [1.54, 1.807) is 0 Å². The molecule has 0 aromatic carbocycles. The lowest BCUT2D eigenvalue weighted by molar-refractivity contribution is -0.137. The number of hydrogen-bond acceptors (Lipinski definition) is 2. The van der Waals surface area contributed by atoms with Gasteiger partial charge in [0.2, 0.25) is 0 Å². The van der Waals surface area contributed by atoms with Crippen molar-refractivity contribution in [2.75, 3.05) is 13.1 Å². The molecule has 2 N–H and O–H groups in total. The van der Waals surface area contributed by atoms with Crippen LogP contribution in [-0.4, -0.2) is 24.2 Å². The minimum Gasteiger partial charge on any atom is -0.481 e. The van der Waals surface area contributed by atoms with E-state index >= 15 is 0 Å². The van der Waals surface area contributed by atoms with Crippen molar-refractivity contribution in [3.05, 3.63) is 0 Å². The van der Waals surface area contributed by atoms with Crippen molar-refractivity contribution in [3.8, 4) is 11.8 Å². The Bertz CT molecular complexity index is 248. The van der Waals surface area contributed by atoms with Crippen molar-refractivity contribution in [1.82, 2.24) is 5.32 Å². The van der Waals surface area contributed by atoms with E-state index in [4.69, 9.17) is 5.11 Å². The zero-order chi connectivity index (χ0) is 11.7. The highest BCUT2D eigenvalue weighted by Gasteiger charge is 2.18. The lowest BCUT2D eigenvalue weighted by Gasteiger charge is -2.23. The van der Waals surface area contributed by atoms with Crippen LogP contribution in [0.15, 0.2) is 0 Å². The number of nitrogens with one attached hydrogen (secondary N) is 1. The molecule has 0 fully saturated rings. The average molecular weight is 211 g/mol. The molecule has 0 bridgehead atoms. The summed E-state index contributed by atoms with van der Waals surface area (Å²) >= 11 is 0. The number of carboxylic acid groups (broad SMARTS) is 1. The zero-order valence-corrected chi connectivity index (χ0v) is 9.89. The summed E-state index contributed by atoms with van der Waals surface area (Å²) < 4.78 is 0. The highest BCUT2D eigenvalue weighted by atomic mass is 16.4. The van der Waals surface area contributed by atoms with Crippen LogP contribution in [0.3, 0.4) is 0 Å². The van der Waals surface area contributed by atoms with Gasteiger partial charge in [0.25, 0.3) is 0 Å². The second kappa shape index (κ2) is 7.30. The van der Waals surface area contributed by atoms with Crippen LogP contribution in [0.5, 0.6) is 0 Å². The number of rotatable bonds is 7. The first-order valence-corrected chi connectivity index (χ1v) is 5.30. The molecule has 3 nitrogen and oxygen atoms in total. The molecular formula is C12H21NO2. The van der Waals surface area contributed by atoms with Gasteiger partial charge in [-0.25, -0.2) is 0 Å². The van der Waals surface area contributed by atoms with Crippen LogP contribution < -0.4 is 5.32 Å². The van der Waals surface area contributed by atoms with Gasteiger partial charge in [-0.15, -0.1) is 5.92 Å². The fraction of sp³-hybridized carbons (Fsp3) is 0.750. The molecule has 0 aliphatic rings. The second-order valence-corrected chi connectivity index (χ2v) is 4.41. The van der Waals surface area contributed by atoms with Crippen molar-refractivity contribution >= 4 is 5.97 Å². The maximum Gasteiger partial charge on any atom is 0.303 e. The highest BCUT2D eigenvalue weighted by Crippen LogP contribution is 2.25. The molecule has 0 unspecified atom stereocenters. The first-order valence-electron chi connectivity index (χ1n) is 5.30. The molecule has 0 heterocycles. The third kappa shape index (κ3) is 9.30. The van der Waals surface area contributed by atoms with Gasteiger partial charge in [0.15, 0.2) is 0 Å². The minimum absolute atomic E-state index is 0.0883. The van der Waals surface area contributed by atoms with E-state index < -0.39 is 5.97 Å². The number of carbonyl (C=O) groups is 1. The van der Waals surface area contributed by atoms with Gasteiger partial charge in [-0.2, -0.15) is 0 Å². The lowest BCUT2D eigenvalue weighted by atomic mass is 9.84. The van der Waals surface area contributed by atoms with Crippen LogP contribution >= 0.6 is 0 Å². The van der Waals surface area contributed by atoms with Gasteiger partial charge in [-0.3, -0.25) is 4.79 Å². The van der Waals surface area contributed by atoms with Crippen molar-refractivity contribution in [2.24, 2.45) is 5.41 Å². The van der Waals surface area contributed by atoms with Crippen LogP contribution in [0, 0.1) is 17.3 Å². The van der Waals surface area contributed by atoms with Gasteiger partial charge < -0.3 is 10.4 Å². The van der Waals surface area contributed by atoms with Gasteiger partial charge in [0.05, 0.1) is 6.54 Å². The number of aliphatic carboxylic acids is 1. The third-order valence-electron chi connectivity index (χ3n) is 2.38. The average Bonchev–Trinajstić information content (AvgIpc) is 2.15. The molecule has 0 spiro atoms. The predicted molar refractivity (Wildman–Crippen MR) is 61.6 cm³/mol. The van der Waals surface area contributed by atoms with Crippen LogP contribution in [0.2, 0.25) is 0 Å². The Morgan fingerprint density at radius 2 is 2.07 bits per heavy atom. The molecule has 0 rings (SSSR count). The zero-order valence-electron chi connectivity index (χ0n) is 9.89. The topological polar surface area (TPSA) is 49.3 Å². The molecular weight excluding hydrogens is 190 g/mol. The second-order valence-electron chi connectivity index (χ2n) is 4.41. The third-order valence-corrected chi connectivity index (χ3v) is 2.38. The van der Waals surface area contributed by atoms with Gasteiger partial charge in [0, 0.05) is 6.42 Å². The first-order chi connectivity index (χ1) is 6.98. The van der Waals surface area contributed by atoms with E-state index in [9.17, 15) is 4.79 Å². The molecule has 0 saturated heterocycles. The molecule has 0 amide bonds. The monoisotopic (exact) mass is 211 g/mol. The molecule has 0 aliphatic heterocycles. The predicted octanol–water partition coefficient (Wildman–Crippen LogP) is 1.88. The summed E-state index contributed by atoms with van der Waals surface area (Å²) in [7, 11) is 0. The Hall–Kier alpha value is -1.01. The van der Waals surface area contributed by atoms with Crippen LogP contribution in [-0.2, 0) is 4.79 Å². The highest BCUT2D eigenvalue weighted by molar-refractivity contribution is 5.66. The van der Waals surface area contributed by atoms with E-state index in [1.165, 1.54) is 0 Å². The van der Waals surface area contributed by atoms with Gasteiger partial charge in [-0.05, 0) is 31.7 Å². The van der Waals surface area contributed by atoms with Crippen molar-refractivity contribution < 1.29 is 9.90 Å². The van der Waals surface area contributed by atoms with E-state index in [-0.39, 0.29) is 11.8 Å². The molecule has 0 atom stereocenters. The first kappa shape index (κ1) is 14.0. The summed E-state index contributed by atoms with van der Waals surface area (Å²) in [5.41, 5.74) is 0.0883. The van der Waals surface area contributed by atoms with Gasteiger partial charge in [-0.1, -0.05) is 19.8 Å². The van der Waals surface area contributed by atoms with Gasteiger partial charge >= 0.3 is 5.97 Å². The summed E-state index contributed by atoms with van der Waals surface area (Å²) in [6.45, 7) is 7.62. The van der Waals surface area contributed by atoms with Crippen molar-refractivity contribution in [1.29, 1.82) is 0 Å². The normalized spacial score (nSPS) is 10.6. The van der Waals surface area contributed by atoms with E-state index in [0.717, 1.165) is 19.4 Å². The molecule has 0 saturated carbocycles. The molecule has 3 heteroatoms. The Kier molecular flexibility index (Phi) is 6.81. The maximum atomic E-state index is 10.4. The summed E-state index contributed by atoms with van der Waals surface area (Å²) in [5, 5.41) is 11.8. The number of hydrogen-bond donors (Lipinski definition) is 2. The Morgan fingerprint density at radius 1 is 1.40 bits per heavy atom. The summed E-state index contributed by atoms with van der Waals surface area (Å²) in [6.07, 6.45) is 1.96. The molecule has 86 valence electrons. The fourth-order valence-electron chi connectivity index (χ4n) is 1.24.